The lowest BCUT2D eigenvalue weighted by Crippen LogP contribution is -2.35. The van der Waals surface area contributed by atoms with Crippen molar-refractivity contribution in [3.05, 3.63) is 29.8 Å². The lowest BCUT2D eigenvalue weighted by molar-refractivity contribution is -0.121. The third-order valence-electron chi connectivity index (χ3n) is 3.02. The molecule has 6 nitrogen and oxygen atoms in total. The van der Waals surface area contributed by atoms with E-state index in [4.69, 9.17) is 10.6 Å². The van der Waals surface area contributed by atoms with Crippen LogP contribution < -0.4 is 16.0 Å². The Morgan fingerprint density at radius 2 is 2.21 bits per heavy atom. The number of hydrogen-bond donors (Lipinski definition) is 2. The van der Waals surface area contributed by atoms with Crippen LogP contribution in [0.5, 0.6) is 5.75 Å². The summed E-state index contributed by atoms with van der Waals surface area (Å²) in [4.78, 5) is 25.0. The van der Waals surface area contributed by atoms with E-state index < -0.39 is 0 Å². The lowest BCUT2D eigenvalue weighted by Gasteiger charge is -2.19. The highest BCUT2D eigenvalue weighted by molar-refractivity contribution is 5.97. The Kier molecular flexibility index (Phi) is 4.35. The highest BCUT2D eigenvalue weighted by Gasteiger charge is 2.22. The van der Waals surface area contributed by atoms with Gasteiger partial charge in [0.15, 0.2) is 0 Å². The minimum atomic E-state index is -0.223. The Bertz CT molecular complexity index is 476. The van der Waals surface area contributed by atoms with E-state index in [1.807, 2.05) is 12.1 Å². The molecule has 102 valence electrons. The fourth-order valence-corrected chi connectivity index (χ4v) is 2.02. The van der Waals surface area contributed by atoms with E-state index >= 15 is 0 Å². The summed E-state index contributed by atoms with van der Waals surface area (Å²) < 4.78 is 5.54. The van der Waals surface area contributed by atoms with E-state index in [0.717, 1.165) is 0 Å². The molecule has 0 aliphatic carbocycles. The number of nitrogens with zero attached hydrogens (tertiary/aromatic N) is 1. The Hall–Kier alpha value is -2.08. The number of benzene rings is 1. The van der Waals surface area contributed by atoms with Gasteiger partial charge in [0.25, 0.3) is 5.91 Å². The lowest BCUT2D eigenvalue weighted by atomic mass is 10.1. The maximum atomic E-state index is 12.3. The van der Waals surface area contributed by atoms with Gasteiger partial charge in [-0.05, 0) is 18.6 Å². The maximum Gasteiger partial charge on any atom is 0.257 e. The third kappa shape index (κ3) is 3.23. The summed E-state index contributed by atoms with van der Waals surface area (Å²) in [7, 11) is 0. The number of nitrogens with two attached hydrogens (primary N) is 1. The molecule has 0 aromatic heterocycles. The molecule has 0 bridgehead atoms. The van der Waals surface area contributed by atoms with Crippen LogP contribution in [0.15, 0.2) is 24.3 Å². The van der Waals surface area contributed by atoms with Crippen molar-refractivity contribution < 1.29 is 14.3 Å². The van der Waals surface area contributed by atoms with Gasteiger partial charge in [-0.2, -0.15) is 0 Å². The predicted octanol–water partition coefficient (Wildman–Crippen LogP) is 0.291. The SMILES string of the molecule is NNC(=O)CCCN1CCOc2ccccc2C1=O. The van der Waals surface area contributed by atoms with Crippen LogP contribution in [0.1, 0.15) is 23.2 Å². The van der Waals surface area contributed by atoms with Gasteiger partial charge in [-0.25, -0.2) is 5.84 Å². The molecule has 0 saturated heterocycles. The number of hydrazine groups is 1. The first kappa shape index (κ1) is 13.4. The van der Waals surface area contributed by atoms with E-state index in [9.17, 15) is 9.59 Å². The minimum absolute atomic E-state index is 0.0544. The molecule has 0 unspecified atom stereocenters. The zero-order chi connectivity index (χ0) is 13.7. The van der Waals surface area contributed by atoms with E-state index in [1.54, 1.807) is 17.0 Å². The van der Waals surface area contributed by atoms with Crippen molar-refractivity contribution in [1.29, 1.82) is 0 Å². The molecule has 0 spiro atoms. The first-order chi connectivity index (χ1) is 9.22. The summed E-state index contributed by atoms with van der Waals surface area (Å²) in [6, 6.07) is 7.19. The largest absolute Gasteiger partial charge is 0.491 e. The smallest absolute Gasteiger partial charge is 0.257 e. The van der Waals surface area contributed by atoms with E-state index in [0.29, 0.717) is 43.9 Å². The minimum Gasteiger partial charge on any atom is -0.491 e. The van der Waals surface area contributed by atoms with Crippen LogP contribution in [0.3, 0.4) is 0 Å². The van der Waals surface area contributed by atoms with Gasteiger partial charge in [0.2, 0.25) is 5.91 Å². The average Bonchev–Trinajstić information content (AvgIpc) is 2.59. The number of carbonyl (C=O) groups excluding carboxylic acids is 2. The summed E-state index contributed by atoms with van der Waals surface area (Å²) in [5.74, 6) is 5.35. The second-order valence-corrected chi connectivity index (χ2v) is 4.31. The van der Waals surface area contributed by atoms with Gasteiger partial charge >= 0.3 is 0 Å². The van der Waals surface area contributed by atoms with Crippen molar-refractivity contribution in [3.63, 3.8) is 0 Å². The molecular weight excluding hydrogens is 246 g/mol. The Morgan fingerprint density at radius 3 is 3.00 bits per heavy atom. The maximum absolute atomic E-state index is 12.3. The van der Waals surface area contributed by atoms with Crippen molar-refractivity contribution in [1.82, 2.24) is 10.3 Å². The van der Waals surface area contributed by atoms with Gasteiger partial charge in [-0.15, -0.1) is 0 Å². The second kappa shape index (κ2) is 6.19. The van der Waals surface area contributed by atoms with Gasteiger partial charge in [-0.3, -0.25) is 15.0 Å². The zero-order valence-electron chi connectivity index (χ0n) is 10.6. The fraction of sp³-hybridized carbons (Fsp3) is 0.385. The molecule has 19 heavy (non-hydrogen) atoms. The molecule has 1 aromatic rings. The molecule has 1 aliphatic heterocycles. The van der Waals surface area contributed by atoms with Gasteiger partial charge in [0.05, 0.1) is 12.1 Å². The van der Waals surface area contributed by atoms with Crippen molar-refractivity contribution >= 4 is 11.8 Å². The molecule has 0 radical (unpaired) electrons. The number of nitrogens with one attached hydrogen (secondary N) is 1. The molecule has 3 N–H and O–H groups in total. The molecule has 0 fully saturated rings. The van der Waals surface area contributed by atoms with Crippen molar-refractivity contribution in [3.8, 4) is 5.75 Å². The summed E-state index contributed by atoms with van der Waals surface area (Å²) in [6.07, 6.45) is 0.889. The molecular formula is C13H17N3O3. The number of amides is 2. The van der Waals surface area contributed by atoms with Crippen molar-refractivity contribution in [2.24, 2.45) is 5.84 Å². The van der Waals surface area contributed by atoms with Crippen LogP contribution in [0.25, 0.3) is 0 Å². The highest BCUT2D eigenvalue weighted by atomic mass is 16.5. The average molecular weight is 263 g/mol. The summed E-state index contributed by atoms with van der Waals surface area (Å²) in [6.45, 7) is 1.51. The van der Waals surface area contributed by atoms with Crippen LogP contribution >= 0.6 is 0 Å². The molecule has 0 atom stereocenters. The van der Waals surface area contributed by atoms with Crippen LogP contribution in [0, 0.1) is 0 Å². The fourth-order valence-electron chi connectivity index (χ4n) is 2.02. The van der Waals surface area contributed by atoms with Gasteiger partial charge in [0.1, 0.15) is 12.4 Å². The van der Waals surface area contributed by atoms with E-state index in [1.165, 1.54) is 0 Å². The summed E-state index contributed by atoms with van der Waals surface area (Å²) in [5, 5.41) is 0. The van der Waals surface area contributed by atoms with Gasteiger partial charge < -0.3 is 9.64 Å². The van der Waals surface area contributed by atoms with E-state index in [-0.39, 0.29) is 11.8 Å². The first-order valence-corrected chi connectivity index (χ1v) is 6.23. The molecule has 1 heterocycles. The number of carbonyl (C=O) groups is 2. The number of fused-ring (bicyclic) bond motifs is 1. The Labute approximate surface area is 111 Å². The molecule has 1 aromatic carbocycles. The van der Waals surface area contributed by atoms with E-state index in [2.05, 4.69) is 5.43 Å². The van der Waals surface area contributed by atoms with Gasteiger partial charge in [0, 0.05) is 13.0 Å². The molecule has 2 rings (SSSR count). The molecule has 0 saturated carbocycles. The summed E-state index contributed by atoms with van der Waals surface area (Å²) >= 11 is 0. The molecule has 1 aliphatic rings. The molecule has 6 heteroatoms. The Balaban J connectivity index is 1.99. The molecule has 2 amide bonds. The topological polar surface area (TPSA) is 84.7 Å². The van der Waals surface area contributed by atoms with Crippen LogP contribution in [0.4, 0.5) is 0 Å². The standard InChI is InChI=1S/C13H17N3O3/c14-15-12(17)6-3-7-16-8-9-19-11-5-2-1-4-10(11)13(16)18/h1-2,4-5H,3,6-9,14H2,(H,15,17). The summed E-state index contributed by atoms with van der Waals surface area (Å²) in [5.41, 5.74) is 2.65. The van der Waals surface area contributed by atoms with Crippen molar-refractivity contribution in [2.45, 2.75) is 12.8 Å². The van der Waals surface area contributed by atoms with Crippen LogP contribution in [-0.2, 0) is 4.79 Å². The van der Waals surface area contributed by atoms with Gasteiger partial charge in [-0.1, -0.05) is 12.1 Å². The zero-order valence-corrected chi connectivity index (χ0v) is 10.6. The predicted molar refractivity (Wildman–Crippen MR) is 69.4 cm³/mol. The number of para-hydroxylation sites is 1. The third-order valence-corrected chi connectivity index (χ3v) is 3.02. The second-order valence-electron chi connectivity index (χ2n) is 4.31. The Morgan fingerprint density at radius 1 is 1.42 bits per heavy atom. The number of hydrogen-bond acceptors (Lipinski definition) is 4. The highest BCUT2D eigenvalue weighted by Crippen LogP contribution is 2.22. The first-order valence-electron chi connectivity index (χ1n) is 6.23. The number of ether oxygens (including phenoxy) is 1. The van der Waals surface area contributed by atoms with Crippen molar-refractivity contribution in [2.75, 3.05) is 19.7 Å². The monoisotopic (exact) mass is 263 g/mol. The quantitative estimate of drug-likeness (QED) is 0.464. The number of rotatable bonds is 4. The van der Waals surface area contributed by atoms with Crippen LogP contribution in [0.2, 0.25) is 0 Å². The van der Waals surface area contributed by atoms with Crippen LogP contribution in [-0.4, -0.2) is 36.4 Å². The normalized spacial score (nSPS) is 14.4.